The van der Waals surface area contributed by atoms with Gasteiger partial charge in [0.15, 0.2) is 5.11 Å². The summed E-state index contributed by atoms with van der Waals surface area (Å²) < 4.78 is 0.872. The van der Waals surface area contributed by atoms with Gasteiger partial charge in [0.25, 0.3) is 11.8 Å². The first-order valence-electron chi connectivity index (χ1n) is 10.7. The second-order valence-electron chi connectivity index (χ2n) is 7.48. The molecule has 0 saturated heterocycles. The van der Waals surface area contributed by atoms with Crippen LogP contribution in [0.3, 0.4) is 0 Å². The van der Waals surface area contributed by atoms with E-state index in [0.717, 1.165) is 15.8 Å². The Morgan fingerprint density at radius 1 is 0.629 bits per heavy atom. The summed E-state index contributed by atoms with van der Waals surface area (Å²) in [5.74, 6) is -0.653. The molecular formula is C27H21BrN4O2S. The molecule has 0 heterocycles. The van der Waals surface area contributed by atoms with Gasteiger partial charge in [-0.25, -0.2) is 0 Å². The monoisotopic (exact) mass is 544 g/mol. The molecule has 0 fully saturated rings. The molecule has 4 aromatic rings. The lowest BCUT2D eigenvalue weighted by Gasteiger charge is -2.14. The molecule has 0 aliphatic carbocycles. The number of nitrogens with one attached hydrogen (secondary N) is 4. The summed E-state index contributed by atoms with van der Waals surface area (Å²) in [6, 6.07) is 31.1. The molecule has 174 valence electrons. The third kappa shape index (κ3) is 6.75. The Morgan fingerprint density at radius 3 is 1.94 bits per heavy atom. The fraction of sp³-hybridized carbons (Fsp3) is 0. The first-order valence-corrected chi connectivity index (χ1v) is 11.9. The van der Waals surface area contributed by atoms with Crippen LogP contribution in [0.1, 0.15) is 20.7 Å². The number of anilines is 4. The first kappa shape index (κ1) is 24.1. The van der Waals surface area contributed by atoms with Crippen molar-refractivity contribution >= 4 is 67.8 Å². The zero-order valence-electron chi connectivity index (χ0n) is 18.4. The van der Waals surface area contributed by atoms with Crippen LogP contribution < -0.4 is 21.3 Å². The Bertz CT molecular complexity index is 1340. The Hall–Kier alpha value is -4.01. The molecule has 4 aromatic carbocycles. The van der Waals surface area contributed by atoms with E-state index in [4.69, 9.17) is 12.2 Å². The Kier molecular flexibility index (Phi) is 7.87. The van der Waals surface area contributed by atoms with E-state index in [9.17, 15) is 9.59 Å². The van der Waals surface area contributed by atoms with Crippen molar-refractivity contribution in [2.24, 2.45) is 0 Å². The Morgan fingerprint density at radius 2 is 1.23 bits per heavy atom. The fourth-order valence-corrected chi connectivity index (χ4v) is 3.71. The summed E-state index contributed by atoms with van der Waals surface area (Å²) in [5.41, 5.74) is 3.87. The van der Waals surface area contributed by atoms with Crippen LogP contribution >= 0.6 is 28.1 Å². The molecule has 4 rings (SSSR count). The predicted octanol–water partition coefficient (Wildman–Crippen LogP) is 6.57. The lowest BCUT2D eigenvalue weighted by Crippen LogP contribution is -2.34. The quantitative estimate of drug-likeness (QED) is 0.206. The normalized spacial score (nSPS) is 10.2. The third-order valence-electron chi connectivity index (χ3n) is 4.96. The number of thiocarbonyl (C=S) groups is 1. The molecule has 0 aromatic heterocycles. The highest BCUT2D eigenvalue weighted by molar-refractivity contribution is 9.10. The Labute approximate surface area is 216 Å². The van der Waals surface area contributed by atoms with Crippen LogP contribution in [0, 0.1) is 0 Å². The number of carbonyl (C=O) groups excluding carboxylic acids is 2. The van der Waals surface area contributed by atoms with Gasteiger partial charge >= 0.3 is 0 Å². The average molecular weight is 545 g/mol. The largest absolute Gasteiger partial charge is 0.356 e. The van der Waals surface area contributed by atoms with Crippen LogP contribution in [0.25, 0.3) is 0 Å². The number of hydrogen-bond acceptors (Lipinski definition) is 4. The molecule has 2 amide bonds. The van der Waals surface area contributed by atoms with Crippen LogP contribution in [0.2, 0.25) is 0 Å². The molecule has 0 bridgehead atoms. The van der Waals surface area contributed by atoms with E-state index in [1.165, 1.54) is 0 Å². The van der Waals surface area contributed by atoms with Gasteiger partial charge in [0.1, 0.15) is 0 Å². The van der Waals surface area contributed by atoms with Crippen LogP contribution in [0.4, 0.5) is 22.7 Å². The fourth-order valence-electron chi connectivity index (χ4n) is 3.24. The summed E-state index contributed by atoms with van der Waals surface area (Å²) in [5, 5.41) is 11.9. The zero-order valence-corrected chi connectivity index (χ0v) is 20.8. The number of halogens is 1. The lowest BCUT2D eigenvalue weighted by molar-refractivity contribution is 0.0976. The van der Waals surface area contributed by atoms with E-state index in [-0.39, 0.29) is 16.9 Å². The van der Waals surface area contributed by atoms with Gasteiger partial charge in [-0.3, -0.25) is 14.9 Å². The van der Waals surface area contributed by atoms with Crippen LogP contribution in [-0.4, -0.2) is 16.9 Å². The highest BCUT2D eigenvalue weighted by atomic mass is 79.9. The van der Waals surface area contributed by atoms with Gasteiger partial charge in [-0.2, -0.15) is 0 Å². The topological polar surface area (TPSA) is 82.3 Å². The number of rotatable bonds is 6. The molecule has 6 nitrogen and oxygen atoms in total. The van der Waals surface area contributed by atoms with Crippen molar-refractivity contribution in [1.82, 2.24) is 5.32 Å². The Balaban J connectivity index is 1.39. The van der Waals surface area contributed by atoms with Gasteiger partial charge in [-0.05, 0) is 85.0 Å². The van der Waals surface area contributed by atoms with E-state index in [2.05, 4.69) is 37.2 Å². The van der Waals surface area contributed by atoms with Gasteiger partial charge in [-0.15, -0.1) is 0 Å². The van der Waals surface area contributed by atoms with Crippen molar-refractivity contribution in [3.05, 3.63) is 119 Å². The second-order valence-corrected chi connectivity index (χ2v) is 8.81. The smallest absolute Gasteiger partial charge is 0.257 e. The molecule has 0 spiro atoms. The second kappa shape index (κ2) is 11.4. The van der Waals surface area contributed by atoms with Crippen molar-refractivity contribution in [1.29, 1.82) is 0 Å². The van der Waals surface area contributed by atoms with E-state index in [1.54, 1.807) is 48.5 Å². The highest BCUT2D eigenvalue weighted by Crippen LogP contribution is 2.21. The van der Waals surface area contributed by atoms with Crippen molar-refractivity contribution in [2.75, 3.05) is 16.0 Å². The molecule has 35 heavy (non-hydrogen) atoms. The summed E-state index contributed by atoms with van der Waals surface area (Å²) in [4.78, 5) is 25.4. The highest BCUT2D eigenvalue weighted by Gasteiger charge is 2.14. The molecule has 8 heteroatoms. The number of benzene rings is 4. The number of amides is 2. The molecule has 0 atom stereocenters. The van der Waals surface area contributed by atoms with E-state index in [0.29, 0.717) is 22.5 Å². The zero-order chi connectivity index (χ0) is 24.6. The summed E-state index contributed by atoms with van der Waals surface area (Å²) in [6.07, 6.45) is 0. The molecule has 0 saturated carbocycles. The molecule has 0 aliphatic heterocycles. The van der Waals surface area contributed by atoms with Gasteiger partial charge in [0.05, 0.1) is 11.3 Å². The maximum absolute atomic E-state index is 13.0. The average Bonchev–Trinajstić information content (AvgIpc) is 2.86. The summed E-state index contributed by atoms with van der Waals surface area (Å²) >= 11 is 8.63. The van der Waals surface area contributed by atoms with Crippen molar-refractivity contribution in [3.63, 3.8) is 0 Å². The molecule has 4 N–H and O–H groups in total. The molecule has 0 radical (unpaired) electrons. The molecular weight excluding hydrogens is 524 g/mol. The van der Waals surface area contributed by atoms with Crippen molar-refractivity contribution in [2.45, 2.75) is 0 Å². The maximum Gasteiger partial charge on any atom is 0.257 e. The van der Waals surface area contributed by atoms with Crippen LogP contribution in [-0.2, 0) is 0 Å². The maximum atomic E-state index is 13.0. The van der Waals surface area contributed by atoms with Gasteiger partial charge < -0.3 is 16.0 Å². The standard InChI is InChI=1S/C27H21BrN4O2S/c28-19-12-10-18(11-13-19)25(33)32-27(35)31-24-9-5-4-8-23(24)26(34)30-22-16-14-21(15-17-22)29-20-6-2-1-3-7-20/h1-17,29H,(H,30,34)(H2,31,32,33,35). The van der Waals surface area contributed by atoms with Gasteiger partial charge in [0.2, 0.25) is 0 Å². The lowest BCUT2D eigenvalue weighted by atomic mass is 10.1. The number of hydrogen-bond donors (Lipinski definition) is 4. The van der Waals surface area contributed by atoms with E-state index < -0.39 is 0 Å². The van der Waals surface area contributed by atoms with Crippen LogP contribution in [0.5, 0.6) is 0 Å². The number of carbonyl (C=O) groups is 2. The third-order valence-corrected chi connectivity index (χ3v) is 5.69. The molecule has 0 aliphatic rings. The summed E-state index contributed by atoms with van der Waals surface area (Å²) in [7, 11) is 0. The minimum Gasteiger partial charge on any atom is -0.356 e. The minimum atomic E-state index is -0.346. The minimum absolute atomic E-state index is 0.0921. The first-order chi connectivity index (χ1) is 17.0. The van der Waals surface area contributed by atoms with Gasteiger partial charge in [-0.1, -0.05) is 46.3 Å². The van der Waals surface area contributed by atoms with E-state index >= 15 is 0 Å². The summed E-state index contributed by atoms with van der Waals surface area (Å²) in [6.45, 7) is 0. The SMILES string of the molecule is O=C(NC(=S)Nc1ccccc1C(=O)Nc1ccc(Nc2ccccc2)cc1)c1ccc(Br)cc1. The van der Waals surface area contributed by atoms with E-state index in [1.807, 2.05) is 54.6 Å². The predicted molar refractivity (Wildman–Crippen MR) is 148 cm³/mol. The van der Waals surface area contributed by atoms with Gasteiger partial charge in [0, 0.05) is 27.1 Å². The van der Waals surface area contributed by atoms with Crippen molar-refractivity contribution in [3.8, 4) is 0 Å². The molecule has 0 unspecified atom stereocenters. The van der Waals surface area contributed by atoms with Crippen LogP contribution in [0.15, 0.2) is 108 Å². The number of para-hydroxylation sites is 2. The van der Waals surface area contributed by atoms with Crippen molar-refractivity contribution < 1.29 is 9.59 Å².